The van der Waals surface area contributed by atoms with E-state index in [9.17, 15) is 30.3 Å². The Morgan fingerprint density at radius 1 is 0.405 bits per heavy atom. The standard InChI is InChI=1S/C65H129NO8/c1-3-5-7-9-11-13-15-17-19-21-23-24-25-26-27-28-29-30-31-32-33-34-35-37-39-41-43-45-47-49-51-53-55-61(69)66-58(57-73-65-64(72)63(71)62(70)60(56-67)74-65)59(68)54-52-50-48-46-44-42-40-38-36-22-20-18-16-14-12-10-8-6-4-2/h58-60,62-65,67-68,70-72H,3-57H2,1-2H3,(H,66,69). The maximum atomic E-state index is 13.1. The summed E-state index contributed by atoms with van der Waals surface area (Å²) < 4.78 is 11.4. The fourth-order valence-electron chi connectivity index (χ4n) is 11.2. The van der Waals surface area contributed by atoms with Crippen molar-refractivity contribution in [3.63, 3.8) is 0 Å². The van der Waals surface area contributed by atoms with Gasteiger partial charge in [-0.15, -0.1) is 0 Å². The van der Waals surface area contributed by atoms with E-state index in [0.29, 0.717) is 12.8 Å². The third-order valence-corrected chi connectivity index (χ3v) is 16.5. The lowest BCUT2D eigenvalue weighted by molar-refractivity contribution is -0.302. The summed E-state index contributed by atoms with van der Waals surface area (Å²) in [6, 6.07) is -0.714. The minimum atomic E-state index is -1.55. The summed E-state index contributed by atoms with van der Waals surface area (Å²) in [5, 5.41) is 54.8. The molecule has 1 amide bonds. The molecule has 0 aromatic carbocycles. The lowest BCUT2D eigenvalue weighted by atomic mass is 9.99. The smallest absolute Gasteiger partial charge is 0.220 e. The minimum absolute atomic E-state index is 0.131. The minimum Gasteiger partial charge on any atom is -0.394 e. The molecule has 7 atom stereocenters. The van der Waals surface area contributed by atoms with Gasteiger partial charge in [0.2, 0.25) is 5.91 Å². The molecule has 442 valence electrons. The summed E-state index contributed by atoms with van der Waals surface area (Å²) in [6.45, 7) is 3.90. The van der Waals surface area contributed by atoms with Crippen molar-refractivity contribution in [2.75, 3.05) is 13.2 Å². The van der Waals surface area contributed by atoms with Crippen LogP contribution in [0.4, 0.5) is 0 Å². The van der Waals surface area contributed by atoms with Gasteiger partial charge in [0.15, 0.2) is 6.29 Å². The van der Waals surface area contributed by atoms with Gasteiger partial charge < -0.3 is 40.3 Å². The summed E-state index contributed by atoms with van der Waals surface area (Å²) in [5.74, 6) is -0.134. The number of carbonyl (C=O) groups is 1. The van der Waals surface area contributed by atoms with E-state index in [0.717, 1.165) is 38.5 Å². The van der Waals surface area contributed by atoms with Gasteiger partial charge in [-0.3, -0.25) is 4.79 Å². The van der Waals surface area contributed by atoms with Crippen LogP contribution in [0.15, 0.2) is 0 Å². The number of carbonyl (C=O) groups excluding carboxylic acids is 1. The van der Waals surface area contributed by atoms with Crippen LogP contribution in [0.2, 0.25) is 0 Å². The van der Waals surface area contributed by atoms with E-state index in [2.05, 4.69) is 19.2 Å². The van der Waals surface area contributed by atoms with Gasteiger partial charge in [-0.1, -0.05) is 335 Å². The first-order chi connectivity index (χ1) is 36.3. The number of unbranched alkanes of at least 4 members (excludes halogenated alkanes) is 49. The van der Waals surface area contributed by atoms with Crippen LogP contribution in [0.5, 0.6) is 0 Å². The van der Waals surface area contributed by atoms with E-state index in [-0.39, 0.29) is 12.5 Å². The van der Waals surface area contributed by atoms with Crippen molar-refractivity contribution in [2.24, 2.45) is 0 Å². The zero-order valence-corrected chi connectivity index (χ0v) is 49.4. The molecule has 0 spiro atoms. The Morgan fingerprint density at radius 3 is 0.959 bits per heavy atom. The Morgan fingerprint density at radius 2 is 0.676 bits per heavy atom. The van der Waals surface area contributed by atoms with Gasteiger partial charge in [0.25, 0.3) is 0 Å². The fourth-order valence-corrected chi connectivity index (χ4v) is 11.2. The molecule has 0 radical (unpaired) electrons. The Kier molecular flexibility index (Phi) is 53.4. The number of ether oxygens (including phenoxy) is 2. The van der Waals surface area contributed by atoms with Crippen molar-refractivity contribution in [2.45, 2.75) is 397 Å². The van der Waals surface area contributed by atoms with Gasteiger partial charge >= 0.3 is 0 Å². The second kappa shape index (κ2) is 55.5. The van der Waals surface area contributed by atoms with Crippen molar-refractivity contribution < 1.29 is 39.8 Å². The number of hydrogen-bond acceptors (Lipinski definition) is 8. The average molecular weight is 1050 g/mol. The van der Waals surface area contributed by atoms with Crippen LogP contribution in [-0.4, -0.2) is 87.5 Å². The maximum Gasteiger partial charge on any atom is 0.220 e. The van der Waals surface area contributed by atoms with Crippen molar-refractivity contribution in [3.05, 3.63) is 0 Å². The van der Waals surface area contributed by atoms with E-state index in [4.69, 9.17) is 9.47 Å². The monoisotopic (exact) mass is 1050 g/mol. The first kappa shape index (κ1) is 71.2. The lowest BCUT2D eigenvalue weighted by Gasteiger charge is -2.40. The molecule has 9 nitrogen and oxygen atoms in total. The van der Waals surface area contributed by atoms with Crippen LogP contribution in [-0.2, 0) is 14.3 Å². The average Bonchev–Trinajstić information content (AvgIpc) is 3.40. The predicted octanol–water partition coefficient (Wildman–Crippen LogP) is 17.4. The molecule has 0 aromatic rings. The third-order valence-electron chi connectivity index (χ3n) is 16.5. The normalized spacial score (nSPS) is 18.8. The number of aliphatic hydroxyl groups is 5. The first-order valence-electron chi connectivity index (χ1n) is 33.2. The molecular formula is C65H129NO8. The molecule has 1 heterocycles. The Balaban J connectivity index is 2.08. The fraction of sp³-hybridized carbons (Fsp3) is 0.985. The highest BCUT2D eigenvalue weighted by Gasteiger charge is 2.44. The molecular weight excluding hydrogens is 923 g/mol. The third kappa shape index (κ3) is 44.1. The maximum absolute atomic E-state index is 13.1. The van der Waals surface area contributed by atoms with Crippen molar-refractivity contribution in [3.8, 4) is 0 Å². The molecule has 0 aromatic heterocycles. The molecule has 1 rings (SSSR count). The summed E-state index contributed by atoms with van der Waals surface area (Å²) in [5.41, 5.74) is 0. The molecule has 74 heavy (non-hydrogen) atoms. The summed E-state index contributed by atoms with van der Waals surface area (Å²) >= 11 is 0. The summed E-state index contributed by atoms with van der Waals surface area (Å²) in [4.78, 5) is 13.1. The van der Waals surface area contributed by atoms with Crippen LogP contribution in [0.25, 0.3) is 0 Å². The Bertz CT molecular complexity index is 1130. The predicted molar refractivity (Wildman–Crippen MR) is 314 cm³/mol. The summed E-state index contributed by atoms with van der Waals surface area (Å²) in [6.07, 6.45) is 61.7. The van der Waals surface area contributed by atoms with E-state index < -0.39 is 49.5 Å². The number of rotatable bonds is 59. The van der Waals surface area contributed by atoms with Crippen LogP contribution in [0.3, 0.4) is 0 Å². The van der Waals surface area contributed by atoms with Crippen LogP contribution in [0.1, 0.15) is 354 Å². The zero-order valence-electron chi connectivity index (χ0n) is 49.4. The van der Waals surface area contributed by atoms with E-state index in [1.807, 2.05) is 0 Å². The molecule has 7 unspecified atom stereocenters. The lowest BCUT2D eigenvalue weighted by Crippen LogP contribution is -2.60. The van der Waals surface area contributed by atoms with Gasteiger partial charge in [0, 0.05) is 6.42 Å². The highest BCUT2D eigenvalue weighted by atomic mass is 16.7. The van der Waals surface area contributed by atoms with Gasteiger partial charge in [0.05, 0.1) is 25.4 Å². The Labute approximate surface area is 459 Å². The van der Waals surface area contributed by atoms with Crippen molar-refractivity contribution in [1.82, 2.24) is 5.32 Å². The van der Waals surface area contributed by atoms with Crippen LogP contribution >= 0.6 is 0 Å². The van der Waals surface area contributed by atoms with Gasteiger partial charge in [-0.05, 0) is 12.8 Å². The molecule has 0 saturated carbocycles. The molecule has 1 aliphatic heterocycles. The number of hydrogen-bond donors (Lipinski definition) is 6. The highest BCUT2D eigenvalue weighted by Crippen LogP contribution is 2.24. The molecule has 9 heteroatoms. The second-order valence-corrected chi connectivity index (χ2v) is 23.6. The number of aliphatic hydroxyl groups excluding tert-OH is 5. The highest BCUT2D eigenvalue weighted by molar-refractivity contribution is 5.76. The zero-order chi connectivity index (χ0) is 53.6. The van der Waals surface area contributed by atoms with Gasteiger partial charge in [-0.2, -0.15) is 0 Å². The van der Waals surface area contributed by atoms with Crippen molar-refractivity contribution in [1.29, 1.82) is 0 Å². The van der Waals surface area contributed by atoms with Crippen molar-refractivity contribution >= 4 is 5.91 Å². The first-order valence-corrected chi connectivity index (χ1v) is 33.2. The largest absolute Gasteiger partial charge is 0.394 e. The van der Waals surface area contributed by atoms with Crippen LogP contribution in [0, 0.1) is 0 Å². The molecule has 1 fully saturated rings. The number of amides is 1. The Hall–Kier alpha value is -0.810. The topological polar surface area (TPSA) is 149 Å². The SMILES string of the molecule is CCCCCCCCCCCCCCCCCCCCCCCCCCCCCCCCCCC(=O)NC(COC1OC(CO)C(O)C(O)C1O)C(O)CCCCCCCCCCCCCCCCCCCCC. The van der Waals surface area contributed by atoms with E-state index in [1.54, 1.807) is 0 Å². The number of nitrogens with one attached hydrogen (secondary N) is 1. The summed E-state index contributed by atoms with van der Waals surface area (Å²) in [7, 11) is 0. The van der Waals surface area contributed by atoms with Gasteiger partial charge in [-0.25, -0.2) is 0 Å². The second-order valence-electron chi connectivity index (χ2n) is 23.6. The molecule has 6 N–H and O–H groups in total. The van der Waals surface area contributed by atoms with E-state index in [1.165, 1.54) is 289 Å². The van der Waals surface area contributed by atoms with Crippen LogP contribution < -0.4 is 5.32 Å². The molecule has 1 saturated heterocycles. The molecule has 0 bridgehead atoms. The van der Waals surface area contributed by atoms with Gasteiger partial charge in [0.1, 0.15) is 24.4 Å². The quantitative estimate of drug-likeness (QED) is 0.0330. The molecule has 1 aliphatic rings. The molecule has 0 aliphatic carbocycles. The van der Waals surface area contributed by atoms with E-state index >= 15 is 0 Å².